The van der Waals surface area contributed by atoms with Gasteiger partial charge < -0.3 is 10.2 Å². The number of rotatable bonds is 3. The first kappa shape index (κ1) is 18.0. The van der Waals surface area contributed by atoms with Gasteiger partial charge in [0.1, 0.15) is 5.82 Å². The van der Waals surface area contributed by atoms with Crippen molar-refractivity contribution in [1.82, 2.24) is 19.7 Å². The van der Waals surface area contributed by atoms with E-state index < -0.39 is 0 Å². The van der Waals surface area contributed by atoms with Gasteiger partial charge in [-0.1, -0.05) is 36.4 Å². The lowest BCUT2D eigenvalue weighted by Gasteiger charge is -2.32. The number of hydrogen-bond acceptors (Lipinski definition) is 3. The van der Waals surface area contributed by atoms with Gasteiger partial charge in [0.2, 0.25) is 0 Å². The fourth-order valence-corrected chi connectivity index (χ4v) is 3.69. The van der Waals surface area contributed by atoms with Crippen molar-refractivity contribution >= 4 is 11.7 Å². The number of carbonyl (C=O) groups is 1. The van der Waals surface area contributed by atoms with Crippen LogP contribution in [0.2, 0.25) is 0 Å². The van der Waals surface area contributed by atoms with Crippen molar-refractivity contribution in [3.8, 4) is 5.69 Å². The number of urea groups is 1. The van der Waals surface area contributed by atoms with Crippen molar-refractivity contribution in [3.05, 3.63) is 76.5 Å². The molecule has 0 saturated carbocycles. The predicted octanol–water partition coefficient (Wildman–Crippen LogP) is 3.28. The largest absolute Gasteiger partial charge is 0.347 e. The molecule has 0 spiro atoms. The first-order chi connectivity index (χ1) is 13.6. The van der Waals surface area contributed by atoms with E-state index in [1.54, 1.807) is 9.47 Å². The fraction of sp³-hybridized carbons (Fsp3) is 0.286. The minimum absolute atomic E-state index is 0.00414. The average molecular weight is 377 g/mol. The fourth-order valence-electron chi connectivity index (χ4n) is 3.69. The number of para-hydroxylation sites is 2. The Kier molecular flexibility index (Phi) is 4.97. The van der Waals surface area contributed by atoms with Gasteiger partial charge in [-0.05, 0) is 43.5 Å². The van der Waals surface area contributed by atoms with E-state index in [0.717, 1.165) is 29.8 Å². The molecule has 0 unspecified atom stereocenters. The monoisotopic (exact) mass is 377 g/mol. The number of hydrogen-bond donors (Lipinski definition) is 2. The van der Waals surface area contributed by atoms with E-state index in [-0.39, 0.29) is 17.6 Å². The molecule has 1 fully saturated rings. The highest BCUT2D eigenvalue weighted by atomic mass is 16.2. The molecule has 7 heteroatoms. The number of H-pyrrole nitrogens is 1. The first-order valence-corrected chi connectivity index (χ1v) is 9.48. The number of carbonyl (C=O) groups excluding carboxylic acids is 1. The Bertz CT molecular complexity index is 1020. The highest BCUT2D eigenvalue weighted by molar-refractivity contribution is 5.90. The Morgan fingerprint density at radius 3 is 2.68 bits per heavy atom. The van der Waals surface area contributed by atoms with E-state index in [0.29, 0.717) is 18.9 Å². The second-order valence-corrected chi connectivity index (χ2v) is 7.09. The van der Waals surface area contributed by atoms with Crippen LogP contribution in [0.5, 0.6) is 0 Å². The molecule has 2 heterocycles. The van der Waals surface area contributed by atoms with Gasteiger partial charge in [-0.2, -0.15) is 5.10 Å². The van der Waals surface area contributed by atoms with Gasteiger partial charge in [-0.15, -0.1) is 0 Å². The summed E-state index contributed by atoms with van der Waals surface area (Å²) >= 11 is 0. The number of piperidine rings is 1. The summed E-state index contributed by atoms with van der Waals surface area (Å²) in [5.74, 6) is 0.667. The lowest BCUT2D eigenvalue weighted by atomic mass is 9.97. The summed E-state index contributed by atoms with van der Waals surface area (Å²) < 4.78 is 1.60. The second kappa shape index (κ2) is 7.72. The van der Waals surface area contributed by atoms with Crippen molar-refractivity contribution in [3.63, 3.8) is 0 Å². The highest BCUT2D eigenvalue weighted by Crippen LogP contribution is 2.27. The molecule has 7 nitrogen and oxygen atoms in total. The Morgan fingerprint density at radius 2 is 1.89 bits per heavy atom. The summed E-state index contributed by atoms with van der Waals surface area (Å²) in [5, 5.41) is 9.83. The van der Waals surface area contributed by atoms with Crippen molar-refractivity contribution in [2.45, 2.75) is 25.7 Å². The van der Waals surface area contributed by atoms with Gasteiger partial charge in [0.25, 0.3) is 0 Å². The van der Waals surface area contributed by atoms with Gasteiger partial charge in [0.15, 0.2) is 0 Å². The lowest BCUT2D eigenvalue weighted by molar-refractivity contribution is 0.191. The van der Waals surface area contributed by atoms with Gasteiger partial charge in [-0.25, -0.2) is 19.3 Å². The second-order valence-electron chi connectivity index (χ2n) is 7.09. The van der Waals surface area contributed by atoms with Gasteiger partial charge >= 0.3 is 11.7 Å². The van der Waals surface area contributed by atoms with Crippen molar-refractivity contribution in [2.75, 3.05) is 18.4 Å². The Labute approximate surface area is 163 Å². The number of amides is 2. The molecule has 2 amide bonds. The zero-order chi connectivity index (χ0) is 19.5. The standard InChI is InChI=1S/C21H23N5O2/c1-15-8-5-6-12-18(15)22-20(27)25-13-7-9-16(14-25)19-23-24-21(28)26(19)17-10-3-2-4-11-17/h2-6,8,10-12,16H,7,9,13-14H2,1H3,(H,22,27)(H,24,28)/t16-/m0/s1. The van der Waals surface area contributed by atoms with Crippen LogP contribution in [0.4, 0.5) is 10.5 Å². The molecule has 0 bridgehead atoms. The number of nitrogens with zero attached hydrogens (tertiary/aromatic N) is 3. The third-order valence-electron chi connectivity index (χ3n) is 5.17. The van der Waals surface area contributed by atoms with Crippen molar-refractivity contribution in [2.24, 2.45) is 0 Å². The molecule has 144 valence electrons. The van der Waals surface area contributed by atoms with Crippen LogP contribution in [0, 0.1) is 6.92 Å². The molecule has 3 aromatic rings. The van der Waals surface area contributed by atoms with Gasteiger partial charge in [0, 0.05) is 24.7 Å². The summed E-state index contributed by atoms with van der Waals surface area (Å²) in [6, 6.07) is 17.1. The van der Waals surface area contributed by atoms with Crippen molar-refractivity contribution < 1.29 is 4.79 Å². The van der Waals surface area contributed by atoms with Crippen LogP contribution in [-0.2, 0) is 0 Å². The Morgan fingerprint density at radius 1 is 1.14 bits per heavy atom. The SMILES string of the molecule is Cc1ccccc1NC(=O)N1CCC[C@H](c2n[nH]c(=O)n2-c2ccccc2)C1. The topological polar surface area (TPSA) is 83.0 Å². The van der Waals surface area contributed by atoms with Crippen LogP contribution >= 0.6 is 0 Å². The molecule has 4 rings (SSSR count). The number of aromatic nitrogens is 3. The molecule has 28 heavy (non-hydrogen) atoms. The number of aromatic amines is 1. The summed E-state index contributed by atoms with van der Waals surface area (Å²) in [7, 11) is 0. The van der Waals surface area contributed by atoms with E-state index >= 15 is 0 Å². The maximum atomic E-state index is 12.8. The minimum Gasteiger partial charge on any atom is -0.324 e. The number of nitrogens with one attached hydrogen (secondary N) is 2. The molecule has 1 atom stereocenters. The number of benzene rings is 2. The summed E-state index contributed by atoms with van der Waals surface area (Å²) in [6.07, 6.45) is 1.74. The normalized spacial score (nSPS) is 16.8. The van der Waals surface area contributed by atoms with E-state index in [9.17, 15) is 9.59 Å². The molecule has 2 aromatic carbocycles. The van der Waals surface area contributed by atoms with Crippen LogP contribution in [-0.4, -0.2) is 38.8 Å². The van der Waals surface area contributed by atoms with Gasteiger partial charge in [-0.3, -0.25) is 0 Å². The summed E-state index contributed by atoms with van der Waals surface area (Å²) in [6.45, 7) is 3.18. The quantitative estimate of drug-likeness (QED) is 0.735. The maximum Gasteiger partial charge on any atom is 0.347 e. The first-order valence-electron chi connectivity index (χ1n) is 9.48. The average Bonchev–Trinajstić information content (AvgIpc) is 3.12. The van der Waals surface area contributed by atoms with Crippen LogP contribution in [0.1, 0.15) is 30.1 Å². The van der Waals surface area contributed by atoms with E-state index in [2.05, 4.69) is 15.5 Å². The van der Waals surface area contributed by atoms with Crippen LogP contribution < -0.4 is 11.0 Å². The molecule has 0 aliphatic carbocycles. The predicted molar refractivity (Wildman–Crippen MR) is 108 cm³/mol. The Hall–Kier alpha value is -3.35. The smallest absolute Gasteiger partial charge is 0.324 e. The van der Waals surface area contributed by atoms with Gasteiger partial charge in [0.05, 0.1) is 5.69 Å². The Balaban J connectivity index is 1.54. The molecule has 1 saturated heterocycles. The highest BCUT2D eigenvalue weighted by Gasteiger charge is 2.29. The third-order valence-corrected chi connectivity index (χ3v) is 5.17. The van der Waals surface area contributed by atoms with Crippen LogP contribution in [0.15, 0.2) is 59.4 Å². The summed E-state index contributed by atoms with van der Waals surface area (Å²) in [4.78, 5) is 26.9. The molecule has 1 aliphatic heterocycles. The number of aryl methyl sites for hydroxylation is 1. The molecule has 2 N–H and O–H groups in total. The zero-order valence-corrected chi connectivity index (χ0v) is 15.8. The molecule has 1 aromatic heterocycles. The number of anilines is 1. The molecule has 1 aliphatic rings. The number of likely N-dealkylation sites (tertiary alicyclic amines) is 1. The zero-order valence-electron chi connectivity index (χ0n) is 15.8. The maximum absolute atomic E-state index is 12.8. The summed E-state index contributed by atoms with van der Waals surface area (Å²) in [5.41, 5.74) is 2.35. The van der Waals surface area contributed by atoms with Crippen molar-refractivity contribution in [1.29, 1.82) is 0 Å². The molecular weight excluding hydrogens is 354 g/mol. The van der Waals surface area contributed by atoms with E-state index in [1.807, 2.05) is 61.5 Å². The lowest BCUT2D eigenvalue weighted by Crippen LogP contribution is -2.42. The molecule has 0 radical (unpaired) electrons. The van der Waals surface area contributed by atoms with E-state index in [1.165, 1.54) is 0 Å². The van der Waals surface area contributed by atoms with E-state index in [4.69, 9.17) is 0 Å². The third kappa shape index (κ3) is 3.55. The van der Waals surface area contributed by atoms with Crippen LogP contribution in [0.3, 0.4) is 0 Å². The minimum atomic E-state index is -0.261. The molecular formula is C21H23N5O2. The van der Waals surface area contributed by atoms with Crippen LogP contribution in [0.25, 0.3) is 5.69 Å².